The molecule has 0 saturated heterocycles. The standard InChI is InChI=1S/C13H9Cl2NS/c14-13(15)8-4-3-7-11-12(8)16-9-5-1-2-6-10(9)17-11/h1-7,13,16H. The topological polar surface area (TPSA) is 12.0 Å². The molecule has 0 bridgehead atoms. The van der Waals surface area contributed by atoms with Crippen LogP contribution in [0.5, 0.6) is 0 Å². The van der Waals surface area contributed by atoms with Crippen LogP contribution in [-0.2, 0) is 0 Å². The summed E-state index contributed by atoms with van der Waals surface area (Å²) in [6.45, 7) is 0. The Hall–Kier alpha value is -0.830. The highest BCUT2D eigenvalue weighted by Crippen LogP contribution is 2.47. The van der Waals surface area contributed by atoms with E-state index >= 15 is 0 Å². The summed E-state index contributed by atoms with van der Waals surface area (Å²) in [4.78, 5) is 1.87. The van der Waals surface area contributed by atoms with Gasteiger partial charge in [0.1, 0.15) is 4.84 Å². The van der Waals surface area contributed by atoms with Gasteiger partial charge >= 0.3 is 0 Å². The van der Waals surface area contributed by atoms with E-state index in [1.54, 1.807) is 11.8 Å². The Kier molecular flexibility index (Phi) is 2.95. The minimum Gasteiger partial charge on any atom is -0.353 e. The zero-order valence-electron chi connectivity index (χ0n) is 8.78. The van der Waals surface area contributed by atoms with Crippen LogP contribution in [0.2, 0.25) is 0 Å². The molecule has 0 aromatic heterocycles. The Morgan fingerprint density at radius 3 is 2.53 bits per heavy atom. The van der Waals surface area contributed by atoms with Gasteiger partial charge in [-0.25, -0.2) is 0 Å². The Morgan fingerprint density at radius 2 is 1.71 bits per heavy atom. The number of benzene rings is 2. The van der Waals surface area contributed by atoms with Gasteiger partial charge in [-0.05, 0) is 18.2 Å². The first-order valence-corrected chi connectivity index (χ1v) is 6.89. The van der Waals surface area contributed by atoms with Crippen LogP contribution in [0.25, 0.3) is 0 Å². The molecule has 3 rings (SSSR count). The molecule has 1 N–H and O–H groups in total. The number of para-hydroxylation sites is 2. The van der Waals surface area contributed by atoms with E-state index in [2.05, 4.69) is 23.5 Å². The molecule has 2 aromatic carbocycles. The molecule has 1 aliphatic rings. The fourth-order valence-electron chi connectivity index (χ4n) is 1.86. The number of anilines is 2. The monoisotopic (exact) mass is 281 g/mol. The molecule has 0 spiro atoms. The zero-order chi connectivity index (χ0) is 11.8. The minimum absolute atomic E-state index is 0.511. The molecule has 0 atom stereocenters. The van der Waals surface area contributed by atoms with E-state index in [1.807, 2.05) is 24.3 Å². The predicted molar refractivity (Wildman–Crippen MR) is 74.7 cm³/mol. The predicted octanol–water partition coefficient (Wildman–Crippen LogP) is 5.37. The van der Waals surface area contributed by atoms with E-state index in [0.717, 1.165) is 21.8 Å². The highest BCUT2D eigenvalue weighted by molar-refractivity contribution is 7.99. The average molecular weight is 282 g/mol. The molecule has 0 unspecified atom stereocenters. The Bertz CT molecular complexity index is 569. The highest BCUT2D eigenvalue weighted by Gasteiger charge is 2.20. The summed E-state index contributed by atoms with van der Waals surface area (Å²) in [5.74, 6) is 0. The van der Waals surface area contributed by atoms with Gasteiger partial charge in [0.05, 0.1) is 11.4 Å². The van der Waals surface area contributed by atoms with Crippen molar-refractivity contribution in [3.63, 3.8) is 0 Å². The maximum Gasteiger partial charge on any atom is 0.134 e. The minimum atomic E-state index is -0.511. The van der Waals surface area contributed by atoms with Gasteiger partial charge in [-0.1, -0.05) is 59.2 Å². The Labute approximate surface area is 114 Å². The molecule has 1 nitrogen and oxygen atoms in total. The Morgan fingerprint density at radius 1 is 0.941 bits per heavy atom. The molecule has 0 aliphatic carbocycles. The number of alkyl halides is 2. The molecule has 86 valence electrons. The van der Waals surface area contributed by atoms with Crippen molar-refractivity contribution in [1.82, 2.24) is 0 Å². The average Bonchev–Trinajstić information content (AvgIpc) is 2.35. The van der Waals surface area contributed by atoms with Gasteiger partial charge in [0.15, 0.2) is 0 Å². The molecule has 2 aromatic rings. The summed E-state index contributed by atoms with van der Waals surface area (Å²) >= 11 is 13.7. The van der Waals surface area contributed by atoms with Crippen LogP contribution in [0.4, 0.5) is 11.4 Å². The van der Waals surface area contributed by atoms with Crippen molar-refractivity contribution in [2.24, 2.45) is 0 Å². The van der Waals surface area contributed by atoms with Gasteiger partial charge in [0, 0.05) is 15.4 Å². The number of rotatable bonds is 1. The fraction of sp³-hybridized carbons (Fsp3) is 0.0769. The molecule has 1 aliphatic heterocycles. The second kappa shape index (κ2) is 4.45. The van der Waals surface area contributed by atoms with E-state index in [4.69, 9.17) is 23.2 Å². The van der Waals surface area contributed by atoms with Gasteiger partial charge < -0.3 is 5.32 Å². The number of hydrogen-bond donors (Lipinski definition) is 1. The zero-order valence-corrected chi connectivity index (χ0v) is 11.1. The van der Waals surface area contributed by atoms with Crippen molar-refractivity contribution >= 4 is 46.3 Å². The van der Waals surface area contributed by atoms with Crippen LogP contribution < -0.4 is 5.32 Å². The molecular weight excluding hydrogens is 273 g/mol. The first kappa shape index (κ1) is 11.3. The number of hydrogen-bond acceptors (Lipinski definition) is 2. The normalized spacial score (nSPS) is 12.9. The number of nitrogens with one attached hydrogen (secondary N) is 1. The summed E-state index contributed by atoms with van der Waals surface area (Å²) in [6, 6.07) is 14.2. The van der Waals surface area contributed by atoms with Crippen LogP contribution in [-0.4, -0.2) is 0 Å². The van der Waals surface area contributed by atoms with Crippen LogP contribution in [0, 0.1) is 0 Å². The van der Waals surface area contributed by atoms with Crippen LogP contribution in [0.3, 0.4) is 0 Å². The SMILES string of the molecule is ClC(Cl)c1cccc2c1Nc1ccccc1S2. The molecule has 0 radical (unpaired) electrons. The summed E-state index contributed by atoms with van der Waals surface area (Å²) < 4.78 is 0. The van der Waals surface area contributed by atoms with Gasteiger partial charge in [-0.2, -0.15) is 0 Å². The molecule has 17 heavy (non-hydrogen) atoms. The van der Waals surface area contributed by atoms with Gasteiger partial charge in [-0.3, -0.25) is 0 Å². The van der Waals surface area contributed by atoms with Crippen LogP contribution in [0.1, 0.15) is 10.4 Å². The molecular formula is C13H9Cl2NS. The second-order valence-corrected chi connectivity index (χ2v) is 5.92. The smallest absolute Gasteiger partial charge is 0.134 e. The second-order valence-electron chi connectivity index (χ2n) is 3.74. The fourth-order valence-corrected chi connectivity index (χ4v) is 3.25. The van der Waals surface area contributed by atoms with Crippen molar-refractivity contribution in [3.05, 3.63) is 48.0 Å². The third-order valence-electron chi connectivity index (χ3n) is 2.66. The van der Waals surface area contributed by atoms with Crippen molar-refractivity contribution in [2.45, 2.75) is 14.6 Å². The first-order valence-electron chi connectivity index (χ1n) is 5.20. The van der Waals surface area contributed by atoms with E-state index < -0.39 is 4.84 Å². The number of halogens is 2. The quantitative estimate of drug-likeness (QED) is 0.602. The lowest BCUT2D eigenvalue weighted by atomic mass is 10.2. The van der Waals surface area contributed by atoms with Crippen molar-refractivity contribution in [1.29, 1.82) is 0 Å². The van der Waals surface area contributed by atoms with Crippen molar-refractivity contribution in [3.8, 4) is 0 Å². The lowest BCUT2D eigenvalue weighted by Crippen LogP contribution is -2.02. The maximum absolute atomic E-state index is 5.98. The van der Waals surface area contributed by atoms with E-state index in [1.165, 1.54) is 4.90 Å². The Balaban J connectivity index is 2.12. The van der Waals surface area contributed by atoms with E-state index in [0.29, 0.717) is 0 Å². The first-order chi connectivity index (χ1) is 8.25. The number of fused-ring (bicyclic) bond motifs is 2. The lowest BCUT2D eigenvalue weighted by molar-refractivity contribution is 1.24. The molecule has 0 saturated carbocycles. The molecule has 0 amide bonds. The van der Waals surface area contributed by atoms with Crippen molar-refractivity contribution in [2.75, 3.05) is 5.32 Å². The summed E-state index contributed by atoms with van der Waals surface area (Å²) in [5, 5.41) is 3.40. The largest absolute Gasteiger partial charge is 0.353 e. The van der Waals surface area contributed by atoms with Crippen LogP contribution >= 0.6 is 35.0 Å². The van der Waals surface area contributed by atoms with Gasteiger partial charge in [-0.15, -0.1) is 0 Å². The van der Waals surface area contributed by atoms with Crippen LogP contribution in [0.15, 0.2) is 52.3 Å². The summed E-state index contributed by atoms with van der Waals surface area (Å²) in [5.41, 5.74) is 3.05. The third-order valence-corrected chi connectivity index (χ3v) is 4.27. The van der Waals surface area contributed by atoms with Crippen molar-refractivity contribution < 1.29 is 0 Å². The van der Waals surface area contributed by atoms with E-state index in [9.17, 15) is 0 Å². The maximum atomic E-state index is 5.98. The molecule has 4 heteroatoms. The van der Waals surface area contributed by atoms with Gasteiger partial charge in [0.2, 0.25) is 0 Å². The highest BCUT2D eigenvalue weighted by atomic mass is 35.5. The molecule has 1 heterocycles. The van der Waals surface area contributed by atoms with E-state index in [-0.39, 0.29) is 0 Å². The summed E-state index contributed by atoms with van der Waals surface area (Å²) in [7, 11) is 0. The lowest BCUT2D eigenvalue weighted by Gasteiger charge is -2.23. The summed E-state index contributed by atoms with van der Waals surface area (Å²) in [6.07, 6.45) is 0. The third kappa shape index (κ3) is 2.01. The van der Waals surface area contributed by atoms with Gasteiger partial charge in [0.25, 0.3) is 0 Å². The molecule has 0 fully saturated rings.